The summed E-state index contributed by atoms with van der Waals surface area (Å²) in [6, 6.07) is 21.2. The summed E-state index contributed by atoms with van der Waals surface area (Å²) < 4.78 is 0. The van der Waals surface area contributed by atoms with E-state index in [9.17, 15) is 0 Å². The van der Waals surface area contributed by atoms with Crippen molar-refractivity contribution in [1.29, 1.82) is 5.26 Å². The minimum Gasteiger partial charge on any atom is -0.302 e. The molecule has 1 unspecified atom stereocenters. The zero-order valence-corrected chi connectivity index (χ0v) is 12.0. The van der Waals surface area contributed by atoms with Crippen LogP contribution in [-0.2, 0) is 0 Å². The molecule has 1 N–H and O–H groups in total. The van der Waals surface area contributed by atoms with Crippen molar-refractivity contribution in [3.05, 3.63) is 71.3 Å². The molecule has 0 heterocycles. The number of aryl methyl sites for hydroxylation is 1. The van der Waals surface area contributed by atoms with Gasteiger partial charge in [0.2, 0.25) is 0 Å². The first-order valence-corrected chi connectivity index (χ1v) is 6.95. The third kappa shape index (κ3) is 3.69. The summed E-state index contributed by atoms with van der Waals surface area (Å²) in [5.74, 6) is 0. The first kappa shape index (κ1) is 14.3. The van der Waals surface area contributed by atoms with Crippen LogP contribution in [-0.4, -0.2) is 0 Å². The molecule has 0 radical (unpaired) electrons. The van der Waals surface area contributed by atoms with Crippen LogP contribution in [0.4, 0.5) is 0 Å². The Bertz CT molecular complexity index is 567. The molecule has 0 amide bonds. The van der Waals surface area contributed by atoms with E-state index in [1.54, 1.807) is 0 Å². The summed E-state index contributed by atoms with van der Waals surface area (Å²) in [7, 11) is 0. The largest absolute Gasteiger partial charge is 0.302 e. The highest BCUT2D eigenvalue weighted by Crippen LogP contribution is 2.22. The van der Waals surface area contributed by atoms with E-state index in [1.165, 1.54) is 11.1 Å². The molecule has 2 atom stereocenters. The molecule has 2 rings (SSSR count). The molecule has 0 fully saturated rings. The van der Waals surface area contributed by atoms with Crippen LogP contribution in [0.15, 0.2) is 54.6 Å². The van der Waals surface area contributed by atoms with Gasteiger partial charge in [0, 0.05) is 12.1 Å². The van der Waals surface area contributed by atoms with Crippen LogP contribution in [0.3, 0.4) is 0 Å². The molecule has 0 bridgehead atoms. The van der Waals surface area contributed by atoms with Crippen molar-refractivity contribution in [3.8, 4) is 6.07 Å². The van der Waals surface area contributed by atoms with Gasteiger partial charge < -0.3 is 5.32 Å². The van der Waals surface area contributed by atoms with Gasteiger partial charge in [-0.3, -0.25) is 0 Å². The summed E-state index contributed by atoms with van der Waals surface area (Å²) in [4.78, 5) is 0. The molecule has 0 spiro atoms. The van der Waals surface area contributed by atoms with E-state index in [4.69, 9.17) is 5.26 Å². The van der Waals surface area contributed by atoms with Gasteiger partial charge in [-0.25, -0.2) is 0 Å². The predicted molar refractivity (Wildman–Crippen MR) is 82.1 cm³/mol. The lowest BCUT2D eigenvalue weighted by molar-refractivity contribution is 0.472. The van der Waals surface area contributed by atoms with Gasteiger partial charge in [-0.2, -0.15) is 5.26 Å². The van der Waals surface area contributed by atoms with Gasteiger partial charge in [0.1, 0.15) is 0 Å². The lowest BCUT2D eigenvalue weighted by atomic mass is 10.0. The maximum Gasteiger partial charge on any atom is 0.0641 e. The van der Waals surface area contributed by atoms with Crippen molar-refractivity contribution in [3.63, 3.8) is 0 Å². The molecule has 0 saturated carbocycles. The monoisotopic (exact) mass is 264 g/mol. The van der Waals surface area contributed by atoms with E-state index in [-0.39, 0.29) is 12.1 Å². The minimum absolute atomic E-state index is 0.0671. The van der Waals surface area contributed by atoms with E-state index in [1.807, 2.05) is 18.2 Å². The number of benzene rings is 2. The number of nitrogens with one attached hydrogen (secondary N) is 1. The van der Waals surface area contributed by atoms with Crippen LogP contribution in [0.1, 0.15) is 42.1 Å². The fourth-order valence-corrected chi connectivity index (χ4v) is 2.30. The Morgan fingerprint density at radius 2 is 1.65 bits per heavy atom. The first-order valence-electron chi connectivity index (χ1n) is 6.95. The minimum atomic E-state index is 0.0671. The van der Waals surface area contributed by atoms with Gasteiger partial charge in [-0.15, -0.1) is 0 Å². The highest BCUT2D eigenvalue weighted by molar-refractivity contribution is 5.25. The third-order valence-corrected chi connectivity index (χ3v) is 3.53. The molecule has 2 heteroatoms. The number of rotatable bonds is 5. The summed E-state index contributed by atoms with van der Waals surface area (Å²) in [5.41, 5.74) is 3.67. The Balaban J connectivity index is 2.12. The maximum absolute atomic E-state index is 9.03. The summed E-state index contributed by atoms with van der Waals surface area (Å²) in [6.45, 7) is 4.22. The molecule has 2 aromatic carbocycles. The standard InChI is InChI=1S/C18H20N2/c1-14-8-10-16(11-9-14)15(2)20-18(12-13-19)17-6-4-3-5-7-17/h3-11,15,18,20H,12H2,1-2H3/t15-,18?/m1/s1. The Morgan fingerprint density at radius 1 is 1.00 bits per heavy atom. The molecule has 0 aliphatic rings. The van der Waals surface area contributed by atoms with E-state index in [2.05, 4.69) is 61.6 Å². The highest BCUT2D eigenvalue weighted by Gasteiger charge is 2.14. The Hall–Kier alpha value is -2.11. The smallest absolute Gasteiger partial charge is 0.0641 e. The van der Waals surface area contributed by atoms with Gasteiger partial charge in [0.25, 0.3) is 0 Å². The lowest BCUT2D eigenvalue weighted by Gasteiger charge is -2.22. The topological polar surface area (TPSA) is 35.8 Å². The second kappa shape index (κ2) is 6.88. The van der Waals surface area contributed by atoms with Crippen LogP contribution in [0.25, 0.3) is 0 Å². The van der Waals surface area contributed by atoms with Crippen LogP contribution in [0.2, 0.25) is 0 Å². The van der Waals surface area contributed by atoms with Crippen molar-refractivity contribution in [2.24, 2.45) is 0 Å². The molecule has 0 aromatic heterocycles. The summed E-state index contributed by atoms with van der Waals surface area (Å²) >= 11 is 0. The van der Waals surface area contributed by atoms with E-state index < -0.39 is 0 Å². The molecular weight excluding hydrogens is 244 g/mol. The zero-order chi connectivity index (χ0) is 14.4. The van der Waals surface area contributed by atoms with Crippen LogP contribution in [0, 0.1) is 18.3 Å². The highest BCUT2D eigenvalue weighted by atomic mass is 14.9. The number of nitriles is 1. The van der Waals surface area contributed by atoms with Crippen molar-refractivity contribution in [1.82, 2.24) is 5.32 Å². The lowest BCUT2D eigenvalue weighted by Crippen LogP contribution is -2.24. The number of hydrogen-bond acceptors (Lipinski definition) is 2. The first-order chi connectivity index (χ1) is 9.70. The maximum atomic E-state index is 9.03. The average Bonchev–Trinajstić information content (AvgIpc) is 2.48. The molecule has 102 valence electrons. The van der Waals surface area contributed by atoms with Crippen molar-refractivity contribution < 1.29 is 0 Å². The average molecular weight is 264 g/mol. The Labute approximate surface area is 121 Å². The molecule has 2 nitrogen and oxygen atoms in total. The van der Waals surface area contributed by atoms with Gasteiger partial charge in [-0.1, -0.05) is 60.2 Å². The molecule has 0 aliphatic carbocycles. The van der Waals surface area contributed by atoms with Gasteiger partial charge in [0.05, 0.1) is 12.5 Å². The second-order valence-electron chi connectivity index (χ2n) is 5.12. The molecular formula is C18H20N2. The quantitative estimate of drug-likeness (QED) is 0.874. The van der Waals surface area contributed by atoms with E-state index in [0.29, 0.717) is 6.42 Å². The Morgan fingerprint density at radius 3 is 2.25 bits per heavy atom. The SMILES string of the molecule is Cc1ccc([C@@H](C)NC(CC#N)c2ccccc2)cc1. The number of hydrogen-bond donors (Lipinski definition) is 1. The second-order valence-corrected chi connectivity index (χ2v) is 5.12. The number of nitrogens with zero attached hydrogens (tertiary/aromatic N) is 1. The van der Waals surface area contributed by atoms with Crippen LogP contribution >= 0.6 is 0 Å². The van der Waals surface area contributed by atoms with E-state index >= 15 is 0 Å². The molecule has 2 aromatic rings. The zero-order valence-electron chi connectivity index (χ0n) is 12.0. The fourth-order valence-electron chi connectivity index (χ4n) is 2.30. The van der Waals surface area contributed by atoms with Gasteiger partial charge in [-0.05, 0) is 25.0 Å². The molecule has 20 heavy (non-hydrogen) atoms. The van der Waals surface area contributed by atoms with Crippen molar-refractivity contribution in [2.75, 3.05) is 0 Å². The van der Waals surface area contributed by atoms with Crippen LogP contribution < -0.4 is 5.32 Å². The Kier molecular flexibility index (Phi) is 4.92. The normalized spacial score (nSPS) is 13.4. The van der Waals surface area contributed by atoms with Crippen molar-refractivity contribution in [2.45, 2.75) is 32.4 Å². The van der Waals surface area contributed by atoms with Crippen molar-refractivity contribution >= 4 is 0 Å². The molecule has 0 aliphatic heterocycles. The van der Waals surface area contributed by atoms with Gasteiger partial charge in [0.15, 0.2) is 0 Å². The van der Waals surface area contributed by atoms with Gasteiger partial charge >= 0.3 is 0 Å². The van der Waals surface area contributed by atoms with E-state index in [0.717, 1.165) is 5.56 Å². The summed E-state index contributed by atoms with van der Waals surface area (Å²) in [5, 5.41) is 12.6. The fraction of sp³-hybridized carbons (Fsp3) is 0.278. The third-order valence-electron chi connectivity index (χ3n) is 3.53. The van der Waals surface area contributed by atoms with Crippen LogP contribution in [0.5, 0.6) is 0 Å². The molecule has 0 saturated heterocycles. The summed E-state index contributed by atoms with van der Waals surface area (Å²) in [6.07, 6.45) is 0.472. The predicted octanol–water partition coefficient (Wildman–Crippen LogP) is 4.30.